The van der Waals surface area contributed by atoms with Crippen molar-refractivity contribution in [3.8, 4) is 0 Å². The second-order valence-electron chi connectivity index (χ2n) is 6.16. The Labute approximate surface area is 142 Å². The second-order valence-corrected chi connectivity index (χ2v) is 6.57. The normalized spacial score (nSPS) is 19.6. The van der Waals surface area contributed by atoms with Crippen LogP contribution in [0.1, 0.15) is 23.3 Å². The van der Waals surface area contributed by atoms with Gasteiger partial charge in [0.25, 0.3) is 11.8 Å². The third-order valence-corrected chi connectivity index (χ3v) is 5.05. The Balaban J connectivity index is 1.54. The number of H-pyrrole nitrogens is 1. The number of rotatable bonds is 1. The molecule has 1 aromatic carbocycles. The fourth-order valence-electron chi connectivity index (χ4n) is 3.36. The molecule has 0 radical (unpaired) electrons. The average Bonchev–Trinajstić information content (AvgIpc) is 3.10. The molecule has 4 rings (SSSR count). The number of fused-ring (bicyclic) bond motifs is 1. The number of nitrogens with one attached hydrogen (secondary N) is 2. The van der Waals surface area contributed by atoms with Crippen LogP contribution in [-0.4, -0.2) is 46.3 Å². The number of guanidine groups is 1. The van der Waals surface area contributed by atoms with Crippen molar-refractivity contribution in [3.05, 3.63) is 35.0 Å². The lowest BCUT2D eigenvalue weighted by Crippen LogP contribution is -2.50. The Bertz CT molecular complexity index is 880. The summed E-state index contributed by atoms with van der Waals surface area (Å²) in [5.41, 5.74) is 6.10. The summed E-state index contributed by atoms with van der Waals surface area (Å²) in [6.07, 6.45) is 0.929. The van der Waals surface area contributed by atoms with E-state index >= 15 is 0 Å². The number of benzene rings is 1. The van der Waals surface area contributed by atoms with Crippen LogP contribution >= 0.6 is 11.6 Å². The molecule has 8 heteroatoms. The minimum absolute atomic E-state index is 0.104. The van der Waals surface area contributed by atoms with Crippen molar-refractivity contribution >= 4 is 40.3 Å². The first-order chi connectivity index (χ1) is 11.5. The SMILES string of the molecule is NC1=NC2(CCN(C(=O)c3cc4c(Cl)cccc4[nH]3)CC2)C(=O)N1. The Morgan fingerprint density at radius 3 is 2.71 bits per heavy atom. The first kappa shape index (κ1) is 15.0. The minimum atomic E-state index is -0.815. The number of likely N-dealkylation sites (tertiary alicyclic amines) is 1. The van der Waals surface area contributed by atoms with Crippen LogP contribution < -0.4 is 11.1 Å². The van der Waals surface area contributed by atoms with E-state index in [1.165, 1.54) is 0 Å². The molecule has 1 spiro atoms. The van der Waals surface area contributed by atoms with Crippen LogP contribution in [-0.2, 0) is 4.79 Å². The van der Waals surface area contributed by atoms with Gasteiger partial charge in [0.2, 0.25) is 0 Å². The third kappa shape index (κ3) is 2.24. The zero-order valence-electron chi connectivity index (χ0n) is 12.8. The van der Waals surface area contributed by atoms with Crippen molar-refractivity contribution in [2.45, 2.75) is 18.4 Å². The number of hydrogen-bond donors (Lipinski definition) is 3. The number of aliphatic imine (C=N–C) groups is 1. The van der Waals surface area contributed by atoms with Crippen LogP contribution in [0.5, 0.6) is 0 Å². The zero-order valence-corrected chi connectivity index (χ0v) is 13.6. The monoisotopic (exact) mass is 345 g/mol. The standard InChI is InChI=1S/C16H16ClN5O2/c17-10-2-1-3-11-9(10)8-12(19-11)13(23)22-6-4-16(5-7-22)14(24)20-15(18)21-16/h1-3,8,19H,4-7H2,(H3,18,20,21,24). The minimum Gasteiger partial charge on any atom is -0.370 e. The number of hydrogen-bond acceptors (Lipinski definition) is 4. The van der Waals surface area contributed by atoms with Crippen molar-refractivity contribution in [2.24, 2.45) is 10.7 Å². The topological polar surface area (TPSA) is 104 Å². The van der Waals surface area contributed by atoms with Crippen LogP contribution in [0, 0.1) is 0 Å². The van der Waals surface area contributed by atoms with Crippen molar-refractivity contribution in [3.63, 3.8) is 0 Å². The van der Waals surface area contributed by atoms with Gasteiger partial charge in [-0.3, -0.25) is 14.9 Å². The average molecular weight is 346 g/mol. The van der Waals surface area contributed by atoms with Crippen molar-refractivity contribution in [1.29, 1.82) is 0 Å². The van der Waals surface area contributed by atoms with Gasteiger partial charge in [-0.2, -0.15) is 0 Å². The van der Waals surface area contributed by atoms with Gasteiger partial charge in [0.15, 0.2) is 5.96 Å². The molecule has 0 bridgehead atoms. The van der Waals surface area contributed by atoms with Gasteiger partial charge in [0.1, 0.15) is 11.2 Å². The van der Waals surface area contributed by atoms with Crippen molar-refractivity contribution < 1.29 is 9.59 Å². The van der Waals surface area contributed by atoms with E-state index in [1.54, 1.807) is 17.0 Å². The molecule has 0 atom stereocenters. The second kappa shape index (κ2) is 5.24. The quantitative estimate of drug-likeness (QED) is 0.724. The summed E-state index contributed by atoms with van der Waals surface area (Å²) in [6.45, 7) is 0.901. The van der Waals surface area contributed by atoms with Gasteiger partial charge in [-0.25, -0.2) is 4.99 Å². The number of piperidine rings is 1. The van der Waals surface area contributed by atoms with Crippen LogP contribution in [0.15, 0.2) is 29.3 Å². The molecule has 2 amide bonds. The van der Waals surface area contributed by atoms with E-state index in [1.807, 2.05) is 12.1 Å². The van der Waals surface area contributed by atoms with E-state index < -0.39 is 5.54 Å². The first-order valence-corrected chi connectivity index (χ1v) is 8.10. The van der Waals surface area contributed by atoms with Crippen LogP contribution in [0.25, 0.3) is 10.9 Å². The number of aromatic amines is 1. The van der Waals surface area contributed by atoms with E-state index in [2.05, 4.69) is 15.3 Å². The number of carbonyl (C=O) groups is 2. The molecule has 2 aromatic rings. The highest BCUT2D eigenvalue weighted by atomic mass is 35.5. The Morgan fingerprint density at radius 2 is 2.08 bits per heavy atom. The molecule has 1 fully saturated rings. The number of aromatic nitrogens is 1. The third-order valence-electron chi connectivity index (χ3n) is 4.72. The molecule has 0 saturated carbocycles. The molecule has 2 aliphatic rings. The fraction of sp³-hybridized carbons (Fsp3) is 0.312. The highest BCUT2D eigenvalue weighted by Gasteiger charge is 2.46. The first-order valence-electron chi connectivity index (χ1n) is 7.72. The summed E-state index contributed by atoms with van der Waals surface area (Å²) in [4.78, 5) is 33.8. The predicted octanol–water partition coefficient (Wildman–Crippen LogP) is 1.24. The molecule has 0 aliphatic carbocycles. The maximum atomic E-state index is 12.7. The molecular weight excluding hydrogens is 330 g/mol. The van der Waals surface area contributed by atoms with Gasteiger partial charge in [-0.15, -0.1) is 0 Å². The van der Waals surface area contributed by atoms with E-state index in [4.69, 9.17) is 17.3 Å². The number of nitrogens with two attached hydrogens (primary N) is 1. The number of halogens is 1. The maximum Gasteiger partial charge on any atom is 0.270 e. The van der Waals surface area contributed by atoms with Crippen molar-refractivity contribution in [1.82, 2.24) is 15.2 Å². The maximum absolute atomic E-state index is 12.7. The lowest BCUT2D eigenvalue weighted by molar-refractivity contribution is -0.125. The summed E-state index contributed by atoms with van der Waals surface area (Å²) >= 11 is 6.16. The van der Waals surface area contributed by atoms with E-state index in [0.29, 0.717) is 36.6 Å². The summed E-state index contributed by atoms with van der Waals surface area (Å²) in [6, 6.07) is 7.27. The van der Waals surface area contributed by atoms with Gasteiger partial charge in [-0.05, 0) is 31.0 Å². The van der Waals surface area contributed by atoms with Gasteiger partial charge in [0, 0.05) is 29.0 Å². The summed E-state index contributed by atoms with van der Waals surface area (Å²) in [5, 5.41) is 3.97. The fourth-order valence-corrected chi connectivity index (χ4v) is 3.59. The largest absolute Gasteiger partial charge is 0.370 e. The number of amides is 2. The molecule has 4 N–H and O–H groups in total. The van der Waals surface area contributed by atoms with E-state index in [9.17, 15) is 9.59 Å². The van der Waals surface area contributed by atoms with Gasteiger partial charge >= 0.3 is 0 Å². The Morgan fingerprint density at radius 1 is 1.33 bits per heavy atom. The van der Waals surface area contributed by atoms with E-state index in [-0.39, 0.29) is 17.8 Å². The number of carbonyl (C=O) groups excluding carboxylic acids is 2. The lowest BCUT2D eigenvalue weighted by Gasteiger charge is -2.35. The molecule has 124 valence electrons. The molecule has 24 heavy (non-hydrogen) atoms. The Hall–Kier alpha value is -2.54. The van der Waals surface area contributed by atoms with Crippen LogP contribution in [0.2, 0.25) is 5.02 Å². The summed E-state index contributed by atoms with van der Waals surface area (Å²) in [5.74, 6) is -0.123. The van der Waals surface area contributed by atoms with Crippen LogP contribution in [0.3, 0.4) is 0 Å². The smallest absolute Gasteiger partial charge is 0.270 e. The lowest BCUT2D eigenvalue weighted by atomic mass is 9.88. The number of nitrogens with zero attached hydrogens (tertiary/aromatic N) is 2. The van der Waals surface area contributed by atoms with Crippen molar-refractivity contribution in [2.75, 3.05) is 13.1 Å². The molecule has 2 aliphatic heterocycles. The predicted molar refractivity (Wildman–Crippen MR) is 90.9 cm³/mol. The molecule has 0 unspecified atom stereocenters. The molecular formula is C16H16ClN5O2. The van der Waals surface area contributed by atoms with Gasteiger partial charge < -0.3 is 15.6 Å². The molecule has 1 aromatic heterocycles. The van der Waals surface area contributed by atoms with Gasteiger partial charge in [-0.1, -0.05) is 17.7 Å². The van der Waals surface area contributed by atoms with Crippen LogP contribution in [0.4, 0.5) is 0 Å². The molecule has 1 saturated heterocycles. The summed E-state index contributed by atoms with van der Waals surface area (Å²) < 4.78 is 0. The zero-order chi connectivity index (χ0) is 16.9. The Kier molecular flexibility index (Phi) is 3.28. The highest BCUT2D eigenvalue weighted by molar-refractivity contribution is 6.35. The molecule has 7 nitrogen and oxygen atoms in total. The van der Waals surface area contributed by atoms with Gasteiger partial charge in [0.05, 0.1) is 0 Å². The van der Waals surface area contributed by atoms with E-state index in [0.717, 1.165) is 10.9 Å². The molecule has 3 heterocycles. The highest BCUT2D eigenvalue weighted by Crippen LogP contribution is 2.30. The summed E-state index contributed by atoms with van der Waals surface area (Å²) in [7, 11) is 0.